The zero-order chi connectivity index (χ0) is 24.0. The lowest BCUT2D eigenvalue weighted by Gasteiger charge is -2.34. The Labute approximate surface area is 203 Å². The molecule has 1 saturated heterocycles. The summed E-state index contributed by atoms with van der Waals surface area (Å²) >= 11 is 0. The van der Waals surface area contributed by atoms with Crippen LogP contribution in [0.4, 0.5) is 0 Å². The quantitative estimate of drug-likeness (QED) is 0.404. The molecule has 2 aromatic carbocycles. The second-order valence-corrected chi connectivity index (χ2v) is 8.37. The predicted octanol–water partition coefficient (Wildman–Crippen LogP) is 3.91. The van der Waals surface area contributed by atoms with Gasteiger partial charge in [0.15, 0.2) is 0 Å². The maximum absolute atomic E-state index is 12.6. The molecule has 0 spiro atoms. The van der Waals surface area contributed by atoms with Crippen LogP contribution in [0.5, 0.6) is 5.75 Å². The van der Waals surface area contributed by atoms with Crippen molar-refractivity contribution in [3.63, 3.8) is 0 Å². The highest BCUT2D eigenvalue weighted by Crippen LogP contribution is 2.16. The number of carbonyl (C=O) groups excluding carboxylic acids is 2. The standard InChI is InChI=1S/C28H26N4O3/c33-27(30-16-18-31(19-17-30)28(34)23-6-2-1-3-7-23)14-11-22-9-12-25(13-10-22)35-21-24-20-32-15-5-4-8-26(32)29-24/h1-15,20H,16-19,21H2/b14-11+. The molecule has 0 bridgehead atoms. The molecule has 0 unspecified atom stereocenters. The second kappa shape index (κ2) is 10.3. The van der Waals surface area contributed by atoms with Gasteiger partial charge >= 0.3 is 0 Å². The minimum Gasteiger partial charge on any atom is -0.487 e. The van der Waals surface area contributed by atoms with Gasteiger partial charge in [-0.15, -0.1) is 0 Å². The van der Waals surface area contributed by atoms with Crippen molar-refractivity contribution < 1.29 is 14.3 Å². The Morgan fingerprint density at radius 3 is 2.31 bits per heavy atom. The summed E-state index contributed by atoms with van der Waals surface area (Å²) in [6.07, 6.45) is 7.30. The van der Waals surface area contributed by atoms with E-state index >= 15 is 0 Å². The number of hydrogen-bond acceptors (Lipinski definition) is 4. The smallest absolute Gasteiger partial charge is 0.253 e. The van der Waals surface area contributed by atoms with Gasteiger partial charge in [-0.3, -0.25) is 9.59 Å². The zero-order valence-electron chi connectivity index (χ0n) is 19.3. The van der Waals surface area contributed by atoms with E-state index in [0.717, 1.165) is 22.7 Å². The average Bonchev–Trinajstić information content (AvgIpc) is 3.34. The van der Waals surface area contributed by atoms with Crippen LogP contribution in [-0.4, -0.2) is 57.2 Å². The molecule has 0 aliphatic carbocycles. The summed E-state index contributed by atoms with van der Waals surface area (Å²) in [5, 5.41) is 0. The Balaban J connectivity index is 1.10. The van der Waals surface area contributed by atoms with Crippen molar-refractivity contribution in [2.75, 3.05) is 26.2 Å². The molecule has 5 rings (SSSR count). The molecule has 4 aromatic rings. The van der Waals surface area contributed by atoms with Gasteiger partial charge in [0, 0.05) is 50.2 Å². The van der Waals surface area contributed by atoms with Crippen LogP contribution in [0.2, 0.25) is 0 Å². The molecule has 0 atom stereocenters. The van der Waals surface area contributed by atoms with Gasteiger partial charge in [0.25, 0.3) is 5.91 Å². The van der Waals surface area contributed by atoms with Gasteiger partial charge in [-0.2, -0.15) is 0 Å². The van der Waals surface area contributed by atoms with Gasteiger partial charge in [-0.1, -0.05) is 36.4 Å². The summed E-state index contributed by atoms with van der Waals surface area (Å²) in [6.45, 7) is 2.50. The molecule has 176 valence electrons. The Morgan fingerprint density at radius 1 is 0.857 bits per heavy atom. The maximum atomic E-state index is 12.6. The first-order valence-corrected chi connectivity index (χ1v) is 11.6. The number of carbonyl (C=O) groups is 2. The monoisotopic (exact) mass is 466 g/mol. The number of hydrogen-bond donors (Lipinski definition) is 0. The SMILES string of the molecule is O=C(/C=C/c1ccc(OCc2cn3ccccc3n2)cc1)N1CCN(C(=O)c2ccccc2)CC1. The molecule has 7 heteroatoms. The molecule has 3 heterocycles. The first-order chi connectivity index (χ1) is 17.2. The number of nitrogens with zero attached hydrogens (tertiary/aromatic N) is 4. The molecule has 0 N–H and O–H groups in total. The fraction of sp³-hybridized carbons (Fsp3) is 0.179. The van der Waals surface area contributed by atoms with E-state index in [9.17, 15) is 9.59 Å². The molecule has 2 amide bonds. The molecule has 0 saturated carbocycles. The Morgan fingerprint density at radius 2 is 1.57 bits per heavy atom. The normalized spacial score (nSPS) is 13.9. The Bertz CT molecular complexity index is 1300. The first-order valence-electron chi connectivity index (χ1n) is 11.6. The minimum atomic E-state index is -0.0519. The number of rotatable bonds is 6. The Hall–Kier alpha value is -4.39. The van der Waals surface area contributed by atoms with Gasteiger partial charge < -0.3 is 18.9 Å². The molecule has 2 aromatic heterocycles. The van der Waals surface area contributed by atoms with E-state index in [2.05, 4.69) is 4.98 Å². The topological polar surface area (TPSA) is 67.2 Å². The van der Waals surface area contributed by atoms with E-state index in [1.807, 2.05) is 89.6 Å². The number of benzene rings is 2. The third kappa shape index (κ3) is 5.41. The number of pyridine rings is 1. The van der Waals surface area contributed by atoms with Crippen molar-refractivity contribution in [2.45, 2.75) is 6.61 Å². The second-order valence-electron chi connectivity index (χ2n) is 8.37. The van der Waals surface area contributed by atoms with E-state index in [-0.39, 0.29) is 11.8 Å². The third-order valence-corrected chi connectivity index (χ3v) is 6.00. The van der Waals surface area contributed by atoms with E-state index in [1.54, 1.807) is 22.0 Å². The number of aromatic nitrogens is 2. The van der Waals surface area contributed by atoms with Crippen molar-refractivity contribution in [1.82, 2.24) is 19.2 Å². The van der Waals surface area contributed by atoms with E-state index < -0.39 is 0 Å². The van der Waals surface area contributed by atoms with Gasteiger partial charge in [0.1, 0.15) is 18.0 Å². The van der Waals surface area contributed by atoms with Crippen molar-refractivity contribution >= 4 is 23.5 Å². The number of fused-ring (bicyclic) bond motifs is 1. The highest BCUT2D eigenvalue weighted by Gasteiger charge is 2.23. The molecular formula is C28H26N4O3. The molecule has 1 aliphatic heterocycles. The van der Waals surface area contributed by atoms with Crippen LogP contribution < -0.4 is 4.74 Å². The lowest BCUT2D eigenvalue weighted by molar-refractivity contribution is -0.127. The van der Waals surface area contributed by atoms with Crippen molar-refractivity contribution in [3.05, 3.63) is 108 Å². The van der Waals surface area contributed by atoms with Crippen LogP contribution in [0.15, 0.2) is 91.3 Å². The molecule has 0 radical (unpaired) electrons. The molecule has 7 nitrogen and oxygen atoms in total. The van der Waals surface area contributed by atoms with Gasteiger partial charge in [-0.05, 0) is 48.0 Å². The minimum absolute atomic E-state index is 0.0109. The zero-order valence-corrected chi connectivity index (χ0v) is 19.3. The molecule has 1 aliphatic rings. The van der Waals surface area contributed by atoms with Crippen LogP contribution in [0.25, 0.3) is 11.7 Å². The van der Waals surface area contributed by atoms with Crippen LogP contribution in [-0.2, 0) is 11.4 Å². The first kappa shape index (κ1) is 22.4. The average molecular weight is 467 g/mol. The summed E-state index contributed by atoms with van der Waals surface area (Å²) in [4.78, 5) is 33.3. The van der Waals surface area contributed by atoms with E-state index in [0.29, 0.717) is 38.3 Å². The fourth-order valence-electron chi connectivity index (χ4n) is 4.06. The number of piperazine rings is 1. The van der Waals surface area contributed by atoms with Gasteiger partial charge in [0.05, 0.1) is 5.69 Å². The van der Waals surface area contributed by atoms with Crippen LogP contribution in [0.1, 0.15) is 21.6 Å². The number of imidazole rings is 1. The van der Waals surface area contributed by atoms with E-state index in [1.165, 1.54) is 0 Å². The molecule has 1 fully saturated rings. The van der Waals surface area contributed by atoms with Crippen molar-refractivity contribution in [3.8, 4) is 5.75 Å². The molecule has 35 heavy (non-hydrogen) atoms. The largest absolute Gasteiger partial charge is 0.487 e. The third-order valence-electron chi connectivity index (χ3n) is 6.00. The van der Waals surface area contributed by atoms with Gasteiger partial charge in [-0.25, -0.2) is 4.98 Å². The summed E-state index contributed by atoms with van der Waals surface area (Å²) in [7, 11) is 0. The highest BCUT2D eigenvalue weighted by molar-refractivity contribution is 5.95. The van der Waals surface area contributed by atoms with Crippen molar-refractivity contribution in [2.24, 2.45) is 0 Å². The molecular weight excluding hydrogens is 440 g/mol. The lowest BCUT2D eigenvalue weighted by Crippen LogP contribution is -2.50. The maximum Gasteiger partial charge on any atom is 0.253 e. The van der Waals surface area contributed by atoms with Crippen LogP contribution in [0, 0.1) is 0 Å². The number of amides is 2. The number of ether oxygens (including phenoxy) is 1. The lowest BCUT2D eigenvalue weighted by atomic mass is 10.1. The Kier molecular flexibility index (Phi) is 6.57. The van der Waals surface area contributed by atoms with Gasteiger partial charge in [0.2, 0.25) is 5.91 Å². The van der Waals surface area contributed by atoms with Crippen LogP contribution >= 0.6 is 0 Å². The van der Waals surface area contributed by atoms with Crippen LogP contribution in [0.3, 0.4) is 0 Å². The highest BCUT2D eigenvalue weighted by atomic mass is 16.5. The van der Waals surface area contributed by atoms with E-state index in [4.69, 9.17) is 4.74 Å². The summed E-state index contributed by atoms with van der Waals surface area (Å²) in [5.41, 5.74) is 3.34. The van der Waals surface area contributed by atoms with Crippen molar-refractivity contribution in [1.29, 1.82) is 0 Å². The summed E-state index contributed by atoms with van der Waals surface area (Å²) < 4.78 is 7.81. The fourth-order valence-corrected chi connectivity index (χ4v) is 4.06. The predicted molar refractivity (Wildman–Crippen MR) is 134 cm³/mol. The summed E-state index contributed by atoms with van der Waals surface area (Å²) in [6, 6.07) is 22.7. The summed E-state index contributed by atoms with van der Waals surface area (Å²) in [5.74, 6) is 0.699.